The first-order valence-electron chi connectivity index (χ1n) is 7.79. The van der Waals surface area contributed by atoms with Crippen molar-refractivity contribution >= 4 is 11.6 Å². The number of carbonyl (C=O) groups is 1. The van der Waals surface area contributed by atoms with E-state index in [1.165, 1.54) is 0 Å². The standard InChI is InChI=1S/C21H19NO2/c1-15-12-13-17(16-8-4-3-5-9-16)14-19(15)22-21(23)18-10-6-7-11-20(18)24-2/h3-14H,1-2H3,(H,22,23). The minimum Gasteiger partial charge on any atom is -0.496 e. The molecule has 0 saturated heterocycles. The molecule has 0 bridgehead atoms. The summed E-state index contributed by atoms with van der Waals surface area (Å²) >= 11 is 0. The first-order valence-corrected chi connectivity index (χ1v) is 7.79. The van der Waals surface area contributed by atoms with E-state index < -0.39 is 0 Å². The van der Waals surface area contributed by atoms with Crippen LogP contribution in [-0.4, -0.2) is 13.0 Å². The number of amides is 1. The van der Waals surface area contributed by atoms with Crippen LogP contribution in [0, 0.1) is 6.92 Å². The zero-order valence-corrected chi connectivity index (χ0v) is 13.7. The third-order valence-electron chi connectivity index (χ3n) is 3.94. The number of para-hydroxylation sites is 1. The number of carbonyl (C=O) groups excluding carboxylic acids is 1. The lowest BCUT2D eigenvalue weighted by Gasteiger charge is -2.12. The zero-order valence-electron chi connectivity index (χ0n) is 13.7. The smallest absolute Gasteiger partial charge is 0.259 e. The maximum atomic E-state index is 12.6. The van der Waals surface area contributed by atoms with E-state index in [1.54, 1.807) is 19.2 Å². The number of aryl methyl sites for hydroxylation is 1. The minimum atomic E-state index is -0.180. The van der Waals surface area contributed by atoms with Gasteiger partial charge in [0.15, 0.2) is 0 Å². The van der Waals surface area contributed by atoms with Crippen molar-refractivity contribution in [3.05, 3.63) is 83.9 Å². The Bertz CT molecular complexity index is 857. The summed E-state index contributed by atoms with van der Waals surface area (Å²) in [6.07, 6.45) is 0. The van der Waals surface area contributed by atoms with Crippen LogP contribution in [0.25, 0.3) is 11.1 Å². The highest BCUT2D eigenvalue weighted by Gasteiger charge is 2.13. The van der Waals surface area contributed by atoms with Gasteiger partial charge in [0.05, 0.1) is 12.7 Å². The SMILES string of the molecule is COc1ccccc1C(=O)Nc1cc(-c2ccccc2)ccc1C. The lowest BCUT2D eigenvalue weighted by atomic mass is 10.0. The van der Waals surface area contributed by atoms with E-state index in [0.717, 1.165) is 22.4 Å². The average molecular weight is 317 g/mol. The molecule has 0 aliphatic heterocycles. The lowest BCUT2D eigenvalue weighted by Crippen LogP contribution is -2.14. The Balaban J connectivity index is 1.91. The van der Waals surface area contributed by atoms with Crippen LogP contribution in [0.1, 0.15) is 15.9 Å². The van der Waals surface area contributed by atoms with Crippen LogP contribution in [0.15, 0.2) is 72.8 Å². The van der Waals surface area contributed by atoms with Gasteiger partial charge in [-0.15, -0.1) is 0 Å². The Morgan fingerprint density at radius 1 is 0.875 bits per heavy atom. The van der Waals surface area contributed by atoms with Crippen molar-refractivity contribution in [1.82, 2.24) is 0 Å². The molecule has 0 spiro atoms. The lowest BCUT2D eigenvalue weighted by molar-refractivity contribution is 0.102. The fourth-order valence-corrected chi connectivity index (χ4v) is 2.59. The van der Waals surface area contributed by atoms with E-state index in [4.69, 9.17) is 4.74 Å². The van der Waals surface area contributed by atoms with Gasteiger partial charge >= 0.3 is 0 Å². The van der Waals surface area contributed by atoms with E-state index in [1.807, 2.05) is 49.4 Å². The molecule has 120 valence electrons. The fourth-order valence-electron chi connectivity index (χ4n) is 2.59. The molecule has 0 fully saturated rings. The highest BCUT2D eigenvalue weighted by atomic mass is 16.5. The minimum absolute atomic E-state index is 0.180. The predicted octanol–water partition coefficient (Wildman–Crippen LogP) is 4.92. The van der Waals surface area contributed by atoms with Gasteiger partial charge in [0, 0.05) is 5.69 Å². The van der Waals surface area contributed by atoms with Crippen molar-refractivity contribution in [2.45, 2.75) is 6.92 Å². The molecule has 0 aromatic heterocycles. The number of rotatable bonds is 4. The quantitative estimate of drug-likeness (QED) is 0.741. The molecule has 0 aliphatic rings. The van der Waals surface area contributed by atoms with Crippen molar-refractivity contribution in [1.29, 1.82) is 0 Å². The van der Waals surface area contributed by atoms with E-state index in [2.05, 4.69) is 23.5 Å². The molecular weight excluding hydrogens is 298 g/mol. The van der Waals surface area contributed by atoms with Crippen LogP contribution < -0.4 is 10.1 Å². The molecule has 0 saturated carbocycles. The predicted molar refractivity (Wildman–Crippen MR) is 97.6 cm³/mol. The summed E-state index contributed by atoms with van der Waals surface area (Å²) in [5.74, 6) is 0.382. The summed E-state index contributed by atoms with van der Waals surface area (Å²) in [6.45, 7) is 1.98. The third-order valence-corrected chi connectivity index (χ3v) is 3.94. The van der Waals surface area contributed by atoms with Crippen LogP contribution in [-0.2, 0) is 0 Å². The summed E-state index contributed by atoms with van der Waals surface area (Å²) in [6, 6.07) is 23.4. The Hall–Kier alpha value is -3.07. The maximum absolute atomic E-state index is 12.6. The van der Waals surface area contributed by atoms with Crippen molar-refractivity contribution < 1.29 is 9.53 Å². The molecule has 3 heteroatoms. The highest BCUT2D eigenvalue weighted by molar-refractivity contribution is 6.06. The fraction of sp³-hybridized carbons (Fsp3) is 0.0952. The number of methoxy groups -OCH3 is 1. The largest absolute Gasteiger partial charge is 0.496 e. The van der Waals surface area contributed by atoms with Gasteiger partial charge in [0.1, 0.15) is 5.75 Å². The van der Waals surface area contributed by atoms with Crippen LogP contribution in [0.4, 0.5) is 5.69 Å². The molecule has 3 aromatic carbocycles. The summed E-state index contributed by atoms with van der Waals surface area (Å²) < 4.78 is 5.27. The molecule has 1 amide bonds. The van der Waals surface area contributed by atoms with Crippen molar-refractivity contribution in [3.63, 3.8) is 0 Å². The molecule has 0 unspecified atom stereocenters. The topological polar surface area (TPSA) is 38.3 Å². The molecule has 0 heterocycles. The first-order chi connectivity index (χ1) is 11.7. The number of hydrogen-bond acceptors (Lipinski definition) is 2. The molecule has 1 N–H and O–H groups in total. The van der Waals surface area contributed by atoms with Crippen molar-refractivity contribution in [2.75, 3.05) is 12.4 Å². The normalized spacial score (nSPS) is 10.2. The average Bonchev–Trinajstić information content (AvgIpc) is 2.64. The molecular formula is C21H19NO2. The number of nitrogens with one attached hydrogen (secondary N) is 1. The van der Waals surface area contributed by atoms with Gasteiger partial charge in [0.2, 0.25) is 0 Å². The molecule has 3 nitrogen and oxygen atoms in total. The number of anilines is 1. The third kappa shape index (κ3) is 3.30. The Morgan fingerprint density at radius 2 is 1.58 bits per heavy atom. The number of benzene rings is 3. The second kappa shape index (κ2) is 7.01. The van der Waals surface area contributed by atoms with Crippen molar-refractivity contribution in [2.24, 2.45) is 0 Å². The summed E-state index contributed by atoms with van der Waals surface area (Å²) in [4.78, 5) is 12.6. The summed E-state index contributed by atoms with van der Waals surface area (Å²) in [5.41, 5.74) is 4.51. The highest BCUT2D eigenvalue weighted by Crippen LogP contribution is 2.26. The van der Waals surface area contributed by atoms with Crippen LogP contribution in [0.3, 0.4) is 0 Å². The van der Waals surface area contributed by atoms with Crippen LogP contribution >= 0.6 is 0 Å². The monoisotopic (exact) mass is 317 g/mol. The van der Waals surface area contributed by atoms with Crippen LogP contribution in [0.5, 0.6) is 5.75 Å². The van der Waals surface area contributed by atoms with Crippen LogP contribution in [0.2, 0.25) is 0 Å². The van der Waals surface area contributed by atoms with Crippen molar-refractivity contribution in [3.8, 4) is 16.9 Å². The zero-order chi connectivity index (χ0) is 16.9. The molecule has 3 rings (SSSR count). The number of hydrogen-bond donors (Lipinski definition) is 1. The van der Waals surface area contributed by atoms with Gasteiger partial charge in [0.25, 0.3) is 5.91 Å². The van der Waals surface area contributed by atoms with E-state index in [0.29, 0.717) is 11.3 Å². The van der Waals surface area contributed by atoms with Gasteiger partial charge in [-0.2, -0.15) is 0 Å². The molecule has 0 radical (unpaired) electrons. The Labute approximate surface area is 141 Å². The van der Waals surface area contributed by atoms with E-state index in [-0.39, 0.29) is 5.91 Å². The summed E-state index contributed by atoms with van der Waals surface area (Å²) in [5, 5.41) is 2.99. The first kappa shape index (κ1) is 15.8. The molecule has 0 atom stereocenters. The van der Waals surface area contributed by atoms with E-state index >= 15 is 0 Å². The second-order valence-corrected chi connectivity index (χ2v) is 5.55. The van der Waals surface area contributed by atoms with Gasteiger partial charge < -0.3 is 10.1 Å². The van der Waals surface area contributed by atoms with Gasteiger partial charge in [-0.3, -0.25) is 4.79 Å². The summed E-state index contributed by atoms with van der Waals surface area (Å²) in [7, 11) is 1.56. The van der Waals surface area contributed by atoms with Gasteiger partial charge in [-0.25, -0.2) is 0 Å². The van der Waals surface area contributed by atoms with Gasteiger partial charge in [-0.05, 0) is 41.8 Å². The van der Waals surface area contributed by atoms with E-state index in [9.17, 15) is 4.79 Å². The Morgan fingerprint density at radius 3 is 2.33 bits per heavy atom. The van der Waals surface area contributed by atoms with Gasteiger partial charge in [-0.1, -0.05) is 54.6 Å². The molecule has 0 aliphatic carbocycles. The molecule has 3 aromatic rings. The Kier molecular flexibility index (Phi) is 4.62. The maximum Gasteiger partial charge on any atom is 0.259 e. The second-order valence-electron chi connectivity index (χ2n) is 5.55. The molecule has 24 heavy (non-hydrogen) atoms. The number of ether oxygens (including phenoxy) is 1.